The van der Waals surface area contributed by atoms with Crippen LogP contribution in [-0.2, 0) is 12.6 Å². The first-order valence-corrected chi connectivity index (χ1v) is 10.6. The number of aryl methyl sites for hydroxylation is 1. The van der Waals surface area contributed by atoms with E-state index in [-0.39, 0.29) is 11.2 Å². The van der Waals surface area contributed by atoms with E-state index in [0.29, 0.717) is 29.3 Å². The zero-order valence-corrected chi connectivity index (χ0v) is 17.3. The minimum absolute atomic E-state index is 0.0155. The molecule has 0 bridgehead atoms. The highest BCUT2D eigenvalue weighted by atomic mass is 19.4. The lowest BCUT2D eigenvalue weighted by atomic mass is 10.0. The van der Waals surface area contributed by atoms with Gasteiger partial charge in [0, 0.05) is 24.5 Å². The molecule has 8 heteroatoms. The number of hydrogen-bond donors (Lipinski definition) is 2. The molecule has 164 valence electrons. The molecular formula is C23H25F3N4O. The number of nitrogens with one attached hydrogen (secondary N) is 2. The van der Waals surface area contributed by atoms with Crippen LogP contribution in [0.25, 0.3) is 16.8 Å². The fourth-order valence-corrected chi connectivity index (χ4v) is 3.92. The Kier molecular flexibility index (Phi) is 6.00. The summed E-state index contributed by atoms with van der Waals surface area (Å²) in [5.74, 6) is 0. The van der Waals surface area contributed by atoms with Crippen LogP contribution in [0.5, 0.6) is 0 Å². The molecule has 1 fully saturated rings. The number of alkyl halides is 3. The van der Waals surface area contributed by atoms with E-state index in [9.17, 15) is 18.0 Å². The third-order valence-electron chi connectivity index (χ3n) is 5.60. The zero-order valence-electron chi connectivity index (χ0n) is 17.3. The highest BCUT2D eigenvalue weighted by molar-refractivity contribution is 5.69. The van der Waals surface area contributed by atoms with Crippen molar-refractivity contribution >= 4 is 11.3 Å². The minimum Gasteiger partial charge on any atom is -0.381 e. The van der Waals surface area contributed by atoms with Crippen molar-refractivity contribution < 1.29 is 13.2 Å². The maximum Gasteiger partial charge on any atom is 0.416 e. The minimum atomic E-state index is -4.49. The van der Waals surface area contributed by atoms with Crippen LogP contribution in [0.4, 0.5) is 18.9 Å². The molecule has 2 aromatic heterocycles. The smallest absolute Gasteiger partial charge is 0.381 e. The van der Waals surface area contributed by atoms with E-state index in [1.54, 1.807) is 0 Å². The summed E-state index contributed by atoms with van der Waals surface area (Å²) in [6, 6.07) is 9.82. The van der Waals surface area contributed by atoms with Crippen molar-refractivity contribution in [2.75, 3.05) is 18.4 Å². The van der Waals surface area contributed by atoms with Crippen molar-refractivity contribution in [3.8, 4) is 11.1 Å². The Labute approximate surface area is 178 Å². The standard InChI is InChI=1S/C23H25F3N4O/c1-2-3-4-19-21(15-5-7-17(8-6-15)28-18-9-11-27-14-18)22(31)30-12-10-16(23(24,25)26)13-20(30)29-19/h5-8,10,12-13,18,27-28H,2-4,9,11,14H2,1H3. The van der Waals surface area contributed by atoms with Crippen LogP contribution in [-0.4, -0.2) is 28.5 Å². The molecule has 31 heavy (non-hydrogen) atoms. The number of nitrogens with zero attached hydrogens (tertiary/aromatic N) is 2. The van der Waals surface area contributed by atoms with E-state index >= 15 is 0 Å². The van der Waals surface area contributed by atoms with Gasteiger partial charge in [-0.05, 0) is 55.6 Å². The number of anilines is 1. The molecule has 0 spiro atoms. The van der Waals surface area contributed by atoms with Gasteiger partial charge in [-0.25, -0.2) is 4.98 Å². The first-order chi connectivity index (χ1) is 14.9. The number of halogens is 3. The van der Waals surface area contributed by atoms with E-state index in [1.807, 2.05) is 31.2 Å². The molecule has 2 N–H and O–H groups in total. The normalized spacial score (nSPS) is 16.7. The second-order valence-electron chi connectivity index (χ2n) is 7.89. The van der Waals surface area contributed by atoms with Crippen LogP contribution >= 0.6 is 0 Å². The molecular weight excluding hydrogens is 405 g/mol. The molecule has 5 nitrogen and oxygen atoms in total. The Morgan fingerprint density at radius 1 is 1.23 bits per heavy atom. The van der Waals surface area contributed by atoms with Gasteiger partial charge in [0.1, 0.15) is 5.65 Å². The predicted octanol–water partition coefficient (Wildman–Crippen LogP) is 4.50. The van der Waals surface area contributed by atoms with Crippen LogP contribution in [0.2, 0.25) is 0 Å². The van der Waals surface area contributed by atoms with Gasteiger partial charge in [0.2, 0.25) is 0 Å². The first-order valence-electron chi connectivity index (χ1n) is 10.6. The van der Waals surface area contributed by atoms with Gasteiger partial charge in [-0.1, -0.05) is 25.5 Å². The topological polar surface area (TPSA) is 58.4 Å². The summed E-state index contributed by atoms with van der Waals surface area (Å²) in [5.41, 5.74) is 1.51. The lowest BCUT2D eigenvalue weighted by Crippen LogP contribution is -2.22. The lowest BCUT2D eigenvalue weighted by Gasteiger charge is -2.15. The van der Waals surface area contributed by atoms with Crippen molar-refractivity contribution in [3.05, 3.63) is 64.2 Å². The SMILES string of the molecule is CCCCc1nc2cc(C(F)(F)F)ccn2c(=O)c1-c1ccc(NC2CCNC2)cc1. The van der Waals surface area contributed by atoms with Gasteiger partial charge < -0.3 is 10.6 Å². The number of fused-ring (bicyclic) bond motifs is 1. The fourth-order valence-electron chi connectivity index (χ4n) is 3.92. The van der Waals surface area contributed by atoms with Crippen LogP contribution in [0, 0.1) is 0 Å². The Balaban J connectivity index is 1.76. The molecule has 1 aliphatic rings. The van der Waals surface area contributed by atoms with E-state index in [1.165, 1.54) is 4.40 Å². The largest absolute Gasteiger partial charge is 0.416 e. The van der Waals surface area contributed by atoms with Crippen molar-refractivity contribution in [3.63, 3.8) is 0 Å². The molecule has 4 rings (SSSR count). The molecule has 1 saturated heterocycles. The fraction of sp³-hybridized carbons (Fsp3) is 0.391. The number of hydrogen-bond acceptors (Lipinski definition) is 4. The van der Waals surface area contributed by atoms with Crippen LogP contribution < -0.4 is 16.2 Å². The van der Waals surface area contributed by atoms with E-state index in [2.05, 4.69) is 15.6 Å². The van der Waals surface area contributed by atoms with Crippen molar-refractivity contribution in [2.24, 2.45) is 0 Å². The average molecular weight is 430 g/mol. The van der Waals surface area contributed by atoms with Crippen molar-refractivity contribution in [1.82, 2.24) is 14.7 Å². The average Bonchev–Trinajstić information content (AvgIpc) is 3.25. The van der Waals surface area contributed by atoms with Crippen LogP contribution in [0.3, 0.4) is 0 Å². The molecule has 0 radical (unpaired) electrons. The van der Waals surface area contributed by atoms with Gasteiger partial charge in [0.15, 0.2) is 0 Å². The first kappa shape index (κ1) is 21.4. The van der Waals surface area contributed by atoms with Crippen molar-refractivity contribution in [2.45, 2.75) is 44.8 Å². The molecule has 0 aliphatic carbocycles. The third kappa shape index (κ3) is 4.58. The van der Waals surface area contributed by atoms with Gasteiger partial charge >= 0.3 is 6.18 Å². The quantitative estimate of drug-likeness (QED) is 0.605. The zero-order chi connectivity index (χ0) is 22.0. The van der Waals surface area contributed by atoms with Gasteiger partial charge in [0.25, 0.3) is 5.56 Å². The highest BCUT2D eigenvalue weighted by Crippen LogP contribution is 2.30. The van der Waals surface area contributed by atoms with Crippen LogP contribution in [0.1, 0.15) is 37.4 Å². The number of aromatic nitrogens is 2. The number of benzene rings is 1. The van der Waals surface area contributed by atoms with E-state index in [0.717, 1.165) is 56.4 Å². The molecule has 3 heterocycles. The van der Waals surface area contributed by atoms with E-state index < -0.39 is 11.7 Å². The molecule has 0 saturated carbocycles. The highest BCUT2D eigenvalue weighted by Gasteiger charge is 2.31. The maximum atomic E-state index is 13.3. The number of unbranched alkanes of at least 4 members (excludes halogenated alkanes) is 1. The predicted molar refractivity (Wildman–Crippen MR) is 115 cm³/mol. The molecule has 1 atom stereocenters. The summed E-state index contributed by atoms with van der Waals surface area (Å²) in [7, 11) is 0. The second kappa shape index (κ2) is 8.70. The number of rotatable bonds is 6. The van der Waals surface area contributed by atoms with Gasteiger partial charge in [-0.3, -0.25) is 9.20 Å². The van der Waals surface area contributed by atoms with Gasteiger partial charge in [-0.2, -0.15) is 13.2 Å². The lowest BCUT2D eigenvalue weighted by molar-refractivity contribution is -0.137. The summed E-state index contributed by atoms with van der Waals surface area (Å²) >= 11 is 0. The summed E-state index contributed by atoms with van der Waals surface area (Å²) in [4.78, 5) is 17.7. The van der Waals surface area contributed by atoms with Gasteiger partial charge in [0.05, 0.1) is 16.8 Å². The van der Waals surface area contributed by atoms with E-state index in [4.69, 9.17) is 0 Å². The maximum absolute atomic E-state index is 13.3. The summed E-state index contributed by atoms with van der Waals surface area (Å²) in [6.07, 6.45) is -0.0619. The summed E-state index contributed by atoms with van der Waals surface area (Å²) in [6.45, 7) is 3.93. The summed E-state index contributed by atoms with van der Waals surface area (Å²) in [5, 5.41) is 6.77. The molecule has 0 amide bonds. The van der Waals surface area contributed by atoms with Crippen LogP contribution in [0.15, 0.2) is 47.4 Å². The molecule has 3 aromatic rings. The monoisotopic (exact) mass is 430 g/mol. The molecule has 1 aromatic carbocycles. The Morgan fingerprint density at radius 2 is 2.00 bits per heavy atom. The van der Waals surface area contributed by atoms with Crippen molar-refractivity contribution in [1.29, 1.82) is 0 Å². The second-order valence-corrected chi connectivity index (χ2v) is 7.89. The summed E-state index contributed by atoms with van der Waals surface area (Å²) < 4.78 is 40.6. The Hall–Kier alpha value is -2.87. The third-order valence-corrected chi connectivity index (χ3v) is 5.60. The van der Waals surface area contributed by atoms with Gasteiger partial charge in [-0.15, -0.1) is 0 Å². The number of pyridine rings is 1. The molecule has 1 unspecified atom stereocenters. The Morgan fingerprint density at radius 3 is 2.65 bits per heavy atom. The Bertz CT molecular complexity index is 1120. The molecule has 1 aliphatic heterocycles.